The normalized spacial score (nSPS) is 10.4. The lowest BCUT2D eigenvalue weighted by Crippen LogP contribution is -2.12. The van der Waals surface area contributed by atoms with Crippen molar-refractivity contribution >= 4 is 17.7 Å². The molecule has 0 saturated heterocycles. The lowest BCUT2D eigenvalue weighted by molar-refractivity contribution is -0.115. The smallest absolute Gasteiger partial charge is 0.277 e. The predicted octanol–water partition coefficient (Wildman–Crippen LogP) is 1.45. The number of rotatable bonds is 4. The minimum atomic E-state index is -0.462. The average Bonchev–Trinajstić information content (AvgIpc) is 2.76. The quantitative estimate of drug-likeness (QED) is 0.834. The highest BCUT2D eigenvalue weighted by Crippen LogP contribution is 2.22. The number of aromatic nitrogens is 2. The second-order valence-corrected chi connectivity index (χ2v) is 4.06. The highest BCUT2D eigenvalue weighted by Gasteiger charge is 2.09. The largest absolute Gasteiger partial charge is 0.411 e. The summed E-state index contributed by atoms with van der Waals surface area (Å²) in [6.45, 7) is 0. The number of halogens is 1. The Kier molecular flexibility index (Phi) is 3.38. The number of primary amides is 1. The third-order valence-electron chi connectivity index (χ3n) is 1.84. The van der Waals surface area contributed by atoms with E-state index in [2.05, 4.69) is 10.2 Å². The number of benzene rings is 1. The van der Waals surface area contributed by atoms with Crippen molar-refractivity contribution in [2.45, 2.75) is 5.22 Å². The summed E-state index contributed by atoms with van der Waals surface area (Å²) in [5.41, 5.74) is 5.60. The molecule has 2 rings (SSSR count). The second kappa shape index (κ2) is 4.96. The zero-order valence-corrected chi connectivity index (χ0v) is 9.41. The van der Waals surface area contributed by atoms with Crippen LogP contribution in [0.3, 0.4) is 0 Å². The van der Waals surface area contributed by atoms with Crippen molar-refractivity contribution in [1.29, 1.82) is 0 Å². The van der Waals surface area contributed by atoms with Crippen molar-refractivity contribution in [1.82, 2.24) is 10.2 Å². The second-order valence-electron chi connectivity index (χ2n) is 3.14. The van der Waals surface area contributed by atoms with E-state index in [1.807, 2.05) is 0 Å². The minimum Gasteiger partial charge on any atom is -0.411 e. The van der Waals surface area contributed by atoms with Gasteiger partial charge in [0, 0.05) is 5.56 Å². The first-order valence-corrected chi connectivity index (χ1v) is 5.64. The van der Waals surface area contributed by atoms with Crippen molar-refractivity contribution in [2.24, 2.45) is 5.73 Å². The summed E-state index contributed by atoms with van der Waals surface area (Å²) in [4.78, 5) is 10.6. The van der Waals surface area contributed by atoms with Crippen LogP contribution in [0.4, 0.5) is 4.39 Å². The van der Waals surface area contributed by atoms with Crippen LogP contribution in [0.5, 0.6) is 0 Å². The molecule has 0 unspecified atom stereocenters. The Morgan fingerprint density at radius 3 is 2.71 bits per heavy atom. The van der Waals surface area contributed by atoms with E-state index < -0.39 is 5.91 Å². The van der Waals surface area contributed by atoms with Gasteiger partial charge in [0.2, 0.25) is 11.8 Å². The van der Waals surface area contributed by atoms with E-state index in [4.69, 9.17) is 10.2 Å². The molecular formula is C10H8FN3O2S. The van der Waals surface area contributed by atoms with Crippen molar-refractivity contribution in [3.05, 3.63) is 30.1 Å². The van der Waals surface area contributed by atoms with Crippen LogP contribution < -0.4 is 5.73 Å². The Hall–Kier alpha value is -1.89. The molecular weight excluding hydrogens is 245 g/mol. The summed E-state index contributed by atoms with van der Waals surface area (Å²) in [5, 5.41) is 7.77. The molecule has 0 fully saturated rings. The number of carbonyl (C=O) groups excluding carboxylic acids is 1. The zero-order chi connectivity index (χ0) is 12.3. The molecule has 1 heterocycles. The molecule has 2 aromatic rings. The number of nitrogens with two attached hydrogens (primary N) is 1. The molecule has 1 aromatic carbocycles. The highest BCUT2D eigenvalue weighted by molar-refractivity contribution is 7.99. The van der Waals surface area contributed by atoms with Crippen LogP contribution in [0.1, 0.15) is 0 Å². The summed E-state index contributed by atoms with van der Waals surface area (Å²) in [6.07, 6.45) is 0. The number of thioether (sulfide) groups is 1. The predicted molar refractivity (Wildman–Crippen MR) is 59.6 cm³/mol. The molecule has 1 amide bonds. The molecule has 0 aliphatic heterocycles. The molecule has 0 radical (unpaired) electrons. The Balaban J connectivity index is 2.12. The number of nitrogens with zero attached hydrogens (tertiary/aromatic N) is 2. The molecule has 0 atom stereocenters. The van der Waals surface area contributed by atoms with E-state index in [-0.39, 0.29) is 22.7 Å². The highest BCUT2D eigenvalue weighted by atomic mass is 32.2. The fraction of sp³-hybridized carbons (Fsp3) is 0.100. The molecule has 1 aromatic heterocycles. The van der Waals surface area contributed by atoms with Crippen LogP contribution in [-0.2, 0) is 4.79 Å². The summed E-state index contributed by atoms with van der Waals surface area (Å²) < 4.78 is 18.0. The SMILES string of the molecule is NC(=O)CSc1nnc(-c2ccc(F)cc2)o1. The maximum Gasteiger partial charge on any atom is 0.277 e. The van der Waals surface area contributed by atoms with E-state index in [9.17, 15) is 9.18 Å². The van der Waals surface area contributed by atoms with E-state index in [0.29, 0.717) is 5.56 Å². The van der Waals surface area contributed by atoms with Gasteiger partial charge in [0.05, 0.1) is 5.75 Å². The number of hydrogen-bond acceptors (Lipinski definition) is 5. The summed E-state index contributed by atoms with van der Waals surface area (Å²) in [6, 6.07) is 5.67. The fourth-order valence-corrected chi connectivity index (χ4v) is 1.61. The molecule has 2 N–H and O–H groups in total. The summed E-state index contributed by atoms with van der Waals surface area (Å²) in [5.74, 6) is -0.449. The third kappa shape index (κ3) is 3.04. The summed E-state index contributed by atoms with van der Waals surface area (Å²) >= 11 is 1.06. The van der Waals surface area contributed by atoms with Gasteiger partial charge in [-0.05, 0) is 24.3 Å². The van der Waals surface area contributed by atoms with Crippen molar-refractivity contribution < 1.29 is 13.6 Å². The third-order valence-corrected chi connectivity index (χ3v) is 2.68. The van der Waals surface area contributed by atoms with Gasteiger partial charge in [0.1, 0.15) is 5.82 Å². The van der Waals surface area contributed by atoms with E-state index in [0.717, 1.165) is 11.8 Å². The van der Waals surface area contributed by atoms with Gasteiger partial charge in [0.15, 0.2) is 0 Å². The van der Waals surface area contributed by atoms with E-state index in [1.165, 1.54) is 24.3 Å². The van der Waals surface area contributed by atoms with Gasteiger partial charge in [-0.15, -0.1) is 10.2 Å². The molecule has 7 heteroatoms. The molecule has 17 heavy (non-hydrogen) atoms. The Bertz CT molecular complexity index is 527. The number of carbonyl (C=O) groups is 1. The van der Waals surface area contributed by atoms with Crippen LogP contribution >= 0.6 is 11.8 Å². The van der Waals surface area contributed by atoms with Crippen LogP contribution in [-0.4, -0.2) is 21.9 Å². The molecule has 0 bridgehead atoms. The molecule has 0 aliphatic carbocycles. The van der Waals surface area contributed by atoms with Crippen molar-refractivity contribution in [2.75, 3.05) is 5.75 Å². The van der Waals surface area contributed by atoms with Crippen LogP contribution in [0, 0.1) is 5.82 Å². The van der Waals surface area contributed by atoms with Crippen molar-refractivity contribution in [3.63, 3.8) is 0 Å². The zero-order valence-electron chi connectivity index (χ0n) is 8.59. The molecule has 0 saturated carbocycles. The first kappa shape index (κ1) is 11.6. The lowest BCUT2D eigenvalue weighted by Gasteiger charge is -1.93. The Labute approximate surface area is 100 Å². The minimum absolute atomic E-state index is 0.0745. The van der Waals surface area contributed by atoms with Gasteiger partial charge >= 0.3 is 0 Å². The topological polar surface area (TPSA) is 82.0 Å². The van der Waals surface area contributed by atoms with Crippen LogP contribution in [0.25, 0.3) is 11.5 Å². The maximum absolute atomic E-state index is 12.7. The van der Waals surface area contributed by atoms with Gasteiger partial charge in [-0.25, -0.2) is 4.39 Å². The first-order valence-electron chi connectivity index (χ1n) is 4.65. The van der Waals surface area contributed by atoms with Gasteiger partial charge in [-0.1, -0.05) is 11.8 Å². The summed E-state index contributed by atoms with van der Waals surface area (Å²) in [7, 11) is 0. The molecule has 0 aliphatic rings. The Morgan fingerprint density at radius 2 is 2.06 bits per heavy atom. The van der Waals surface area contributed by atoms with Gasteiger partial charge in [-0.2, -0.15) is 0 Å². The number of hydrogen-bond donors (Lipinski definition) is 1. The van der Waals surface area contributed by atoms with Crippen LogP contribution in [0.15, 0.2) is 33.9 Å². The van der Waals surface area contributed by atoms with E-state index in [1.54, 1.807) is 0 Å². The standard InChI is InChI=1S/C10H8FN3O2S/c11-7-3-1-6(2-4-7)9-13-14-10(16-9)17-5-8(12)15/h1-4H,5H2,(H2,12,15). The number of amides is 1. The molecule has 0 spiro atoms. The monoisotopic (exact) mass is 253 g/mol. The van der Waals surface area contributed by atoms with Gasteiger partial charge < -0.3 is 10.2 Å². The lowest BCUT2D eigenvalue weighted by atomic mass is 10.2. The molecule has 88 valence electrons. The maximum atomic E-state index is 12.7. The van der Waals surface area contributed by atoms with Gasteiger partial charge in [0.25, 0.3) is 5.22 Å². The molecule has 5 nitrogen and oxygen atoms in total. The Morgan fingerprint density at radius 1 is 1.35 bits per heavy atom. The van der Waals surface area contributed by atoms with Crippen LogP contribution in [0.2, 0.25) is 0 Å². The van der Waals surface area contributed by atoms with Crippen molar-refractivity contribution in [3.8, 4) is 11.5 Å². The fourth-order valence-electron chi connectivity index (χ4n) is 1.11. The van der Waals surface area contributed by atoms with E-state index >= 15 is 0 Å². The van der Waals surface area contributed by atoms with Gasteiger partial charge in [-0.3, -0.25) is 4.79 Å². The first-order chi connectivity index (χ1) is 8.15. The average molecular weight is 253 g/mol.